The van der Waals surface area contributed by atoms with Crippen LogP contribution in [0.4, 0.5) is 0 Å². The molecule has 4 rings (SSSR count). The Balaban J connectivity index is 2.07. The molecule has 0 saturated heterocycles. The third-order valence-electron chi connectivity index (χ3n) is 4.27. The molecule has 4 aromatic rings. The molecule has 2 aromatic heterocycles. The predicted molar refractivity (Wildman–Crippen MR) is 95.3 cm³/mol. The van der Waals surface area contributed by atoms with Gasteiger partial charge in [0.2, 0.25) is 0 Å². The van der Waals surface area contributed by atoms with Crippen molar-refractivity contribution in [3.63, 3.8) is 0 Å². The van der Waals surface area contributed by atoms with Crippen LogP contribution in [-0.2, 0) is 6.54 Å². The van der Waals surface area contributed by atoms with Crippen LogP contribution in [0.5, 0.6) is 0 Å². The fourth-order valence-electron chi connectivity index (χ4n) is 3.07. The molecule has 0 saturated carbocycles. The van der Waals surface area contributed by atoms with Gasteiger partial charge in [0.15, 0.2) is 5.43 Å². The Kier molecular flexibility index (Phi) is 3.34. The minimum Gasteiger partial charge on any atom is -0.354 e. The third-order valence-corrected chi connectivity index (χ3v) is 4.50. The molecule has 0 aliphatic carbocycles. The molecule has 0 atom stereocenters. The van der Waals surface area contributed by atoms with Gasteiger partial charge in [0.1, 0.15) is 5.52 Å². The summed E-state index contributed by atoms with van der Waals surface area (Å²) >= 11 is 6.03. The van der Waals surface area contributed by atoms with Gasteiger partial charge in [0.25, 0.3) is 0 Å². The summed E-state index contributed by atoms with van der Waals surface area (Å²) in [5.41, 5.74) is 3.30. The van der Waals surface area contributed by atoms with Crippen molar-refractivity contribution >= 4 is 44.4 Å². The van der Waals surface area contributed by atoms with Crippen LogP contribution in [0.1, 0.15) is 19.8 Å². The van der Waals surface area contributed by atoms with Crippen molar-refractivity contribution in [2.75, 3.05) is 0 Å². The number of aryl methyl sites for hydroxylation is 1. The molecule has 0 bridgehead atoms. The standard InChI is InChI=1S/C18H16ClN3O/c1-2-3-8-22-10-20-17-15(22)7-6-13-16(17)18(23)12-5-4-11(19)9-14(12)21-13/h4-7,9-10H,2-3,8H2,1H3,(H,21,23). The number of pyridine rings is 1. The monoisotopic (exact) mass is 325 g/mol. The summed E-state index contributed by atoms with van der Waals surface area (Å²) in [7, 11) is 0. The first kappa shape index (κ1) is 14.3. The van der Waals surface area contributed by atoms with Crippen molar-refractivity contribution in [1.29, 1.82) is 0 Å². The number of aromatic nitrogens is 3. The number of halogens is 1. The first-order chi connectivity index (χ1) is 11.2. The second kappa shape index (κ2) is 5.39. The Morgan fingerprint density at radius 1 is 1.22 bits per heavy atom. The van der Waals surface area contributed by atoms with E-state index in [4.69, 9.17) is 11.6 Å². The van der Waals surface area contributed by atoms with Gasteiger partial charge in [0.05, 0.1) is 28.3 Å². The highest BCUT2D eigenvalue weighted by molar-refractivity contribution is 6.31. The van der Waals surface area contributed by atoms with E-state index >= 15 is 0 Å². The van der Waals surface area contributed by atoms with Crippen molar-refractivity contribution in [1.82, 2.24) is 14.5 Å². The maximum atomic E-state index is 12.9. The molecule has 0 spiro atoms. The Labute approximate surface area is 137 Å². The summed E-state index contributed by atoms with van der Waals surface area (Å²) in [5.74, 6) is 0. The zero-order valence-corrected chi connectivity index (χ0v) is 13.5. The molecule has 1 N–H and O–H groups in total. The Morgan fingerprint density at radius 3 is 2.91 bits per heavy atom. The van der Waals surface area contributed by atoms with Crippen LogP contribution in [0.2, 0.25) is 5.02 Å². The van der Waals surface area contributed by atoms with Crippen molar-refractivity contribution in [2.45, 2.75) is 26.3 Å². The SMILES string of the molecule is CCCCn1cnc2c3c(=O)c4ccc(Cl)cc4[nH]c3ccc21. The first-order valence-electron chi connectivity index (χ1n) is 7.78. The van der Waals surface area contributed by atoms with Crippen molar-refractivity contribution < 1.29 is 0 Å². The zero-order valence-electron chi connectivity index (χ0n) is 12.8. The number of hydrogen-bond donors (Lipinski definition) is 1. The number of unbranched alkanes of at least 4 members (excludes halogenated alkanes) is 1. The second-order valence-corrected chi connectivity index (χ2v) is 6.23. The first-order valence-corrected chi connectivity index (χ1v) is 8.16. The molecule has 2 aromatic carbocycles. The number of benzene rings is 2. The maximum Gasteiger partial charge on any atom is 0.199 e. The number of fused-ring (bicyclic) bond motifs is 4. The molecule has 0 unspecified atom stereocenters. The largest absolute Gasteiger partial charge is 0.354 e. The van der Waals surface area contributed by atoms with Gasteiger partial charge < -0.3 is 9.55 Å². The number of nitrogens with one attached hydrogen (secondary N) is 1. The highest BCUT2D eigenvalue weighted by Gasteiger charge is 2.12. The number of aromatic amines is 1. The van der Waals surface area contributed by atoms with E-state index in [0.717, 1.165) is 41.5 Å². The van der Waals surface area contributed by atoms with Gasteiger partial charge in [-0.3, -0.25) is 4.79 Å². The van der Waals surface area contributed by atoms with E-state index in [0.29, 0.717) is 15.8 Å². The summed E-state index contributed by atoms with van der Waals surface area (Å²) in [6.07, 6.45) is 4.04. The third kappa shape index (κ3) is 2.21. The lowest BCUT2D eigenvalue weighted by Gasteiger charge is -2.06. The van der Waals surface area contributed by atoms with Crippen LogP contribution in [0, 0.1) is 0 Å². The average molecular weight is 326 g/mol. The molecule has 0 amide bonds. The van der Waals surface area contributed by atoms with E-state index in [9.17, 15) is 4.79 Å². The minimum atomic E-state index is -0.00300. The lowest BCUT2D eigenvalue weighted by atomic mass is 10.1. The van der Waals surface area contributed by atoms with Gasteiger partial charge in [0, 0.05) is 17.0 Å². The molecule has 0 fully saturated rings. The zero-order chi connectivity index (χ0) is 16.0. The summed E-state index contributed by atoms with van der Waals surface area (Å²) < 4.78 is 2.11. The van der Waals surface area contributed by atoms with E-state index < -0.39 is 0 Å². The fourth-order valence-corrected chi connectivity index (χ4v) is 3.24. The van der Waals surface area contributed by atoms with Gasteiger partial charge >= 0.3 is 0 Å². The van der Waals surface area contributed by atoms with Gasteiger partial charge in [-0.25, -0.2) is 4.98 Å². The van der Waals surface area contributed by atoms with Crippen LogP contribution >= 0.6 is 11.6 Å². The van der Waals surface area contributed by atoms with E-state index in [1.807, 2.05) is 18.5 Å². The highest BCUT2D eigenvalue weighted by atomic mass is 35.5. The molecule has 0 aliphatic heterocycles. The van der Waals surface area contributed by atoms with Crippen molar-refractivity contribution in [3.05, 3.63) is 51.9 Å². The summed E-state index contributed by atoms with van der Waals surface area (Å²) in [5, 5.41) is 1.89. The number of rotatable bonds is 3. The van der Waals surface area contributed by atoms with E-state index in [1.165, 1.54) is 0 Å². The molecule has 23 heavy (non-hydrogen) atoms. The van der Waals surface area contributed by atoms with E-state index in [1.54, 1.807) is 18.2 Å². The second-order valence-electron chi connectivity index (χ2n) is 5.79. The van der Waals surface area contributed by atoms with Gasteiger partial charge in [-0.15, -0.1) is 0 Å². The summed E-state index contributed by atoms with van der Waals surface area (Å²) in [4.78, 5) is 20.7. The van der Waals surface area contributed by atoms with Gasteiger partial charge in [-0.2, -0.15) is 0 Å². The average Bonchev–Trinajstić information content (AvgIpc) is 2.95. The van der Waals surface area contributed by atoms with Crippen LogP contribution in [-0.4, -0.2) is 14.5 Å². The van der Waals surface area contributed by atoms with E-state index in [2.05, 4.69) is 21.5 Å². The van der Waals surface area contributed by atoms with Crippen molar-refractivity contribution in [3.8, 4) is 0 Å². The lowest BCUT2D eigenvalue weighted by molar-refractivity contribution is 0.646. The van der Waals surface area contributed by atoms with Crippen LogP contribution in [0.15, 0.2) is 41.5 Å². The van der Waals surface area contributed by atoms with Crippen LogP contribution < -0.4 is 5.43 Å². The summed E-state index contributed by atoms with van der Waals surface area (Å²) in [6, 6.07) is 9.26. The molecule has 5 heteroatoms. The molecule has 0 aliphatic rings. The topological polar surface area (TPSA) is 50.7 Å². The molecule has 0 radical (unpaired) electrons. The molecule has 4 nitrogen and oxygen atoms in total. The lowest BCUT2D eigenvalue weighted by Crippen LogP contribution is -2.05. The normalized spacial score (nSPS) is 11.7. The quantitative estimate of drug-likeness (QED) is 0.564. The van der Waals surface area contributed by atoms with Gasteiger partial charge in [-0.1, -0.05) is 24.9 Å². The molecular weight excluding hydrogens is 310 g/mol. The fraction of sp³-hybridized carbons (Fsp3) is 0.222. The summed E-state index contributed by atoms with van der Waals surface area (Å²) in [6.45, 7) is 3.08. The van der Waals surface area contributed by atoms with Crippen LogP contribution in [0.3, 0.4) is 0 Å². The number of imidazole rings is 1. The predicted octanol–water partition coefficient (Wildman–Crippen LogP) is 4.48. The number of nitrogens with zero attached hydrogens (tertiary/aromatic N) is 2. The molecular formula is C18H16ClN3O. The van der Waals surface area contributed by atoms with Gasteiger partial charge in [-0.05, 0) is 36.8 Å². The minimum absolute atomic E-state index is 0.00300. The molecule has 116 valence electrons. The highest BCUT2D eigenvalue weighted by Crippen LogP contribution is 2.24. The van der Waals surface area contributed by atoms with Crippen molar-refractivity contribution in [2.24, 2.45) is 0 Å². The van der Waals surface area contributed by atoms with Crippen LogP contribution in [0.25, 0.3) is 32.8 Å². The number of H-pyrrole nitrogens is 1. The Bertz CT molecular complexity index is 1090. The smallest absolute Gasteiger partial charge is 0.199 e. The Morgan fingerprint density at radius 2 is 2.09 bits per heavy atom. The number of hydrogen-bond acceptors (Lipinski definition) is 2. The molecule has 2 heterocycles. The Hall–Kier alpha value is -2.33. The maximum absolute atomic E-state index is 12.9. The van der Waals surface area contributed by atoms with E-state index in [-0.39, 0.29) is 5.43 Å².